The van der Waals surface area contributed by atoms with Crippen LogP contribution in [0.5, 0.6) is 0 Å². The fourth-order valence-electron chi connectivity index (χ4n) is 3.46. The Morgan fingerprint density at radius 1 is 1.15 bits per heavy atom. The zero-order valence-corrected chi connectivity index (χ0v) is 13.0. The molecular weight excluding hydrogens is 246 g/mol. The topological polar surface area (TPSA) is 35.2 Å². The summed E-state index contributed by atoms with van der Waals surface area (Å²) >= 11 is 0. The Kier molecular flexibility index (Phi) is 6.06. The zero-order chi connectivity index (χ0) is 14.4. The standard InChI is InChI=1S/C16H23NO.C2H6/c17-11-15-3-1-2-14-10-13(4-5-16(14)15)12-6-8-18-9-7-12;1-2/h4-5,10,12,15H,1-3,6-9,11,17H2;1-2H3. The third-order valence-corrected chi connectivity index (χ3v) is 4.58. The molecule has 1 heterocycles. The van der Waals surface area contributed by atoms with E-state index in [9.17, 15) is 0 Å². The molecule has 2 aliphatic rings. The van der Waals surface area contributed by atoms with Crippen LogP contribution in [0.2, 0.25) is 0 Å². The molecule has 0 saturated carbocycles. The summed E-state index contributed by atoms with van der Waals surface area (Å²) in [6, 6.07) is 7.13. The summed E-state index contributed by atoms with van der Waals surface area (Å²) in [5.74, 6) is 1.31. The lowest BCUT2D eigenvalue weighted by Gasteiger charge is -2.27. The van der Waals surface area contributed by atoms with Gasteiger partial charge in [0.2, 0.25) is 0 Å². The Balaban J connectivity index is 0.000000704. The summed E-state index contributed by atoms with van der Waals surface area (Å²) < 4.78 is 5.45. The quantitative estimate of drug-likeness (QED) is 0.886. The summed E-state index contributed by atoms with van der Waals surface area (Å²) in [5, 5.41) is 0. The first-order chi connectivity index (χ1) is 9.88. The number of hydrogen-bond acceptors (Lipinski definition) is 2. The van der Waals surface area contributed by atoms with Crippen molar-refractivity contribution >= 4 is 0 Å². The molecule has 1 aliphatic heterocycles. The van der Waals surface area contributed by atoms with Crippen LogP contribution in [-0.2, 0) is 11.2 Å². The minimum atomic E-state index is 0.595. The Morgan fingerprint density at radius 3 is 2.60 bits per heavy atom. The molecule has 1 fully saturated rings. The number of rotatable bonds is 2. The van der Waals surface area contributed by atoms with Crippen LogP contribution in [0.25, 0.3) is 0 Å². The van der Waals surface area contributed by atoms with Gasteiger partial charge in [0.25, 0.3) is 0 Å². The predicted octanol–water partition coefficient (Wildman–Crippen LogP) is 3.99. The Bertz CT molecular complexity index is 410. The molecule has 0 radical (unpaired) electrons. The maximum Gasteiger partial charge on any atom is 0.0471 e. The first-order valence-electron chi connectivity index (χ1n) is 8.29. The Labute approximate surface area is 123 Å². The number of hydrogen-bond donors (Lipinski definition) is 1. The van der Waals surface area contributed by atoms with Crippen molar-refractivity contribution in [3.63, 3.8) is 0 Å². The van der Waals surface area contributed by atoms with Crippen LogP contribution in [0.1, 0.15) is 68.1 Å². The fourth-order valence-corrected chi connectivity index (χ4v) is 3.46. The van der Waals surface area contributed by atoms with Crippen molar-refractivity contribution in [2.24, 2.45) is 5.73 Å². The van der Waals surface area contributed by atoms with Gasteiger partial charge in [-0.2, -0.15) is 0 Å². The molecule has 2 N–H and O–H groups in total. The van der Waals surface area contributed by atoms with Crippen molar-refractivity contribution in [1.29, 1.82) is 0 Å². The van der Waals surface area contributed by atoms with Gasteiger partial charge in [0, 0.05) is 13.2 Å². The first-order valence-corrected chi connectivity index (χ1v) is 8.29. The summed E-state index contributed by atoms with van der Waals surface area (Å²) in [6.07, 6.45) is 6.16. The fraction of sp³-hybridized carbons (Fsp3) is 0.667. The Morgan fingerprint density at radius 2 is 1.90 bits per heavy atom. The summed E-state index contributed by atoms with van der Waals surface area (Å²) in [4.78, 5) is 0. The average Bonchev–Trinajstić information content (AvgIpc) is 2.56. The molecule has 1 aliphatic carbocycles. The van der Waals surface area contributed by atoms with E-state index in [1.54, 1.807) is 5.56 Å². The molecule has 0 spiro atoms. The van der Waals surface area contributed by atoms with Gasteiger partial charge in [0.1, 0.15) is 0 Å². The van der Waals surface area contributed by atoms with E-state index in [0.717, 1.165) is 19.8 Å². The molecule has 0 bridgehead atoms. The van der Waals surface area contributed by atoms with E-state index >= 15 is 0 Å². The van der Waals surface area contributed by atoms with Gasteiger partial charge in [0.15, 0.2) is 0 Å². The number of ether oxygens (including phenoxy) is 1. The molecule has 1 saturated heterocycles. The van der Waals surface area contributed by atoms with Gasteiger partial charge in [-0.25, -0.2) is 0 Å². The van der Waals surface area contributed by atoms with E-state index in [4.69, 9.17) is 10.5 Å². The third kappa shape index (κ3) is 3.42. The molecular formula is C18H29NO. The van der Waals surface area contributed by atoms with E-state index in [1.165, 1.54) is 43.2 Å². The SMILES string of the molecule is CC.NCC1CCCc2cc(C3CCOCC3)ccc21. The lowest BCUT2D eigenvalue weighted by molar-refractivity contribution is 0.0853. The van der Waals surface area contributed by atoms with Gasteiger partial charge in [-0.05, 0) is 67.2 Å². The van der Waals surface area contributed by atoms with Crippen LogP contribution in [-0.4, -0.2) is 19.8 Å². The predicted molar refractivity (Wildman–Crippen MR) is 85.3 cm³/mol. The summed E-state index contributed by atoms with van der Waals surface area (Å²) in [7, 11) is 0. The second-order valence-corrected chi connectivity index (χ2v) is 5.67. The second kappa shape index (κ2) is 7.80. The van der Waals surface area contributed by atoms with E-state index in [1.807, 2.05) is 13.8 Å². The van der Waals surface area contributed by atoms with Gasteiger partial charge in [-0.15, -0.1) is 0 Å². The van der Waals surface area contributed by atoms with Gasteiger partial charge in [0.05, 0.1) is 0 Å². The molecule has 1 aromatic rings. The normalized spacial score (nSPS) is 22.6. The van der Waals surface area contributed by atoms with Gasteiger partial charge >= 0.3 is 0 Å². The van der Waals surface area contributed by atoms with Crippen LogP contribution < -0.4 is 5.73 Å². The highest BCUT2D eigenvalue weighted by atomic mass is 16.5. The maximum atomic E-state index is 5.88. The third-order valence-electron chi connectivity index (χ3n) is 4.58. The van der Waals surface area contributed by atoms with Gasteiger partial charge in [-0.3, -0.25) is 0 Å². The van der Waals surface area contributed by atoms with E-state index in [-0.39, 0.29) is 0 Å². The molecule has 1 aromatic carbocycles. The van der Waals surface area contributed by atoms with Crippen LogP contribution in [0, 0.1) is 0 Å². The van der Waals surface area contributed by atoms with E-state index in [2.05, 4.69) is 18.2 Å². The number of fused-ring (bicyclic) bond motifs is 1. The van der Waals surface area contributed by atoms with E-state index < -0.39 is 0 Å². The van der Waals surface area contributed by atoms with Crippen molar-refractivity contribution in [2.75, 3.05) is 19.8 Å². The molecule has 2 heteroatoms. The van der Waals surface area contributed by atoms with Crippen LogP contribution in [0.3, 0.4) is 0 Å². The molecule has 20 heavy (non-hydrogen) atoms. The Hall–Kier alpha value is -0.860. The van der Waals surface area contributed by atoms with Crippen molar-refractivity contribution in [2.45, 2.75) is 57.8 Å². The van der Waals surface area contributed by atoms with Gasteiger partial charge in [-0.1, -0.05) is 32.0 Å². The number of benzene rings is 1. The van der Waals surface area contributed by atoms with Crippen molar-refractivity contribution in [1.82, 2.24) is 0 Å². The molecule has 3 rings (SSSR count). The lowest BCUT2D eigenvalue weighted by Crippen LogP contribution is -2.19. The van der Waals surface area contributed by atoms with Crippen LogP contribution >= 0.6 is 0 Å². The highest BCUT2D eigenvalue weighted by Gasteiger charge is 2.21. The van der Waals surface area contributed by atoms with Gasteiger partial charge < -0.3 is 10.5 Å². The summed E-state index contributed by atoms with van der Waals surface area (Å²) in [6.45, 7) is 6.64. The lowest BCUT2D eigenvalue weighted by atomic mass is 9.80. The largest absolute Gasteiger partial charge is 0.381 e. The average molecular weight is 275 g/mol. The molecule has 0 amide bonds. The first kappa shape index (κ1) is 15.5. The number of aryl methyl sites for hydroxylation is 1. The molecule has 1 unspecified atom stereocenters. The highest BCUT2D eigenvalue weighted by Crippen LogP contribution is 2.34. The molecule has 1 atom stereocenters. The molecule has 2 nitrogen and oxygen atoms in total. The highest BCUT2D eigenvalue weighted by molar-refractivity contribution is 5.38. The van der Waals surface area contributed by atoms with Crippen molar-refractivity contribution < 1.29 is 4.74 Å². The molecule has 0 aromatic heterocycles. The molecule has 112 valence electrons. The van der Waals surface area contributed by atoms with Crippen LogP contribution in [0.4, 0.5) is 0 Å². The second-order valence-electron chi connectivity index (χ2n) is 5.67. The minimum Gasteiger partial charge on any atom is -0.381 e. The summed E-state index contributed by atoms with van der Waals surface area (Å²) in [5.41, 5.74) is 10.5. The van der Waals surface area contributed by atoms with Crippen LogP contribution in [0.15, 0.2) is 18.2 Å². The minimum absolute atomic E-state index is 0.595. The zero-order valence-electron chi connectivity index (χ0n) is 13.0. The van der Waals surface area contributed by atoms with Crippen molar-refractivity contribution in [3.8, 4) is 0 Å². The number of nitrogens with two attached hydrogens (primary N) is 1. The smallest absolute Gasteiger partial charge is 0.0471 e. The van der Waals surface area contributed by atoms with E-state index in [0.29, 0.717) is 11.8 Å². The van der Waals surface area contributed by atoms with Crippen molar-refractivity contribution in [3.05, 3.63) is 34.9 Å². The monoisotopic (exact) mass is 275 g/mol. The maximum absolute atomic E-state index is 5.88.